The Hall–Kier alpha value is -1.36. The minimum absolute atomic E-state index is 0.634. The summed E-state index contributed by atoms with van der Waals surface area (Å²) in [5.41, 5.74) is 2.78. The van der Waals surface area contributed by atoms with Crippen LogP contribution in [0.2, 0.25) is 0 Å². The number of nitrogens with one attached hydrogen (secondary N) is 1. The van der Waals surface area contributed by atoms with Crippen LogP contribution in [-0.2, 0) is 12.8 Å². The first-order valence-corrected chi connectivity index (χ1v) is 15.0. The van der Waals surface area contributed by atoms with E-state index in [2.05, 4.69) is 22.0 Å². The van der Waals surface area contributed by atoms with E-state index in [1.54, 1.807) is 0 Å². The number of piperidine rings is 1. The Morgan fingerprint density at radius 2 is 1.50 bits per heavy atom. The molecule has 3 aliphatic rings. The summed E-state index contributed by atoms with van der Waals surface area (Å²) in [6.07, 6.45) is 24.0. The highest BCUT2D eigenvalue weighted by Gasteiger charge is 2.25. The van der Waals surface area contributed by atoms with Crippen molar-refractivity contribution < 1.29 is 0 Å². The smallest absolute Gasteiger partial charge is 0.224 e. The van der Waals surface area contributed by atoms with Crippen LogP contribution in [0.3, 0.4) is 0 Å². The van der Waals surface area contributed by atoms with Gasteiger partial charge >= 0.3 is 0 Å². The molecule has 1 atom stereocenters. The molecule has 2 aliphatic heterocycles. The van der Waals surface area contributed by atoms with Crippen LogP contribution < -0.4 is 10.2 Å². The van der Waals surface area contributed by atoms with E-state index in [1.165, 1.54) is 133 Å². The highest BCUT2D eigenvalue weighted by molar-refractivity contribution is 5.54. The Labute approximate surface area is 209 Å². The molecule has 0 bridgehead atoms. The van der Waals surface area contributed by atoms with Crippen molar-refractivity contribution in [1.29, 1.82) is 0 Å². The van der Waals surface area contributed by atoms with Crippen LogP contribution in [0.5, 0.6) is 0 Å². The molecule has 192 valence electrons. The second-order valence-corrected chi connectivity index (χ2v) is 11.1. The summed E-state index contributed by atoms with van der Waals surface area (Å²) in [4.78, 5) is 15.5. The monoisotopic (exact) mass is 469 g/mol. The van der Waals surface area contributed by atoms with Gasteiger partial charge in [-0.3, -0.25) is 4.90 Å². The number of fused-ring (bicyclic) bond motifs is 1. The van der Waals surface area contributed by atoms with E-state index in [-0.39, 0.29) is 0 Å². The lowest BCUT2D eigenvalue weighted by molar-refractivity contribution is 0.153. The van der Waals surface area contributed by atoms with Gasteiger partial charge in [-0.25, -0.2) is 4.98 Å². The molecule has 1 aromatic rings. The molecule has 2 fully saturated rings. The molecular weight excluding hydrogens is 418 g/mol. The fourth-order valence-electron chi connectivity index (χ4n) is 6.26. The average Bonchev–Trinajstić information content (AvgIpc) is 3.16. The molecule has 0 spiro atoms. The van der Waals surface area contributed by atoms with Crippen molar-refractivity contribution in [2.24, 2.45) is 0 Å². The fourth-order valence-corrected chi connectivity index (χ4v) is 6.26. The number of anilines is 2. The van der Waals surface area contributed by atoms with Gasteiger partial charge in [0.1, 0.15) is 5.82 Å². The summed E-state index contributed by atoms with van der Waals surface area (Å²) in [6.45, 7) is 8.16. The maximum Gasteiger partial charge on any atom is 0.224 e. The average molecular weight is 470 g/mol. The van der Waals surface area contributed by atoms with Crippen molar-refractivity contribution in [3.63, 3.8) is 0 Å². The lowest BCUT2D eigenvalue weighted by atomic mass is 9.96. The number of aromatic nitrogens is 2. The van der Waals surface area contributed by atoms with E-state index in [9.17, 15) is 0 Å². The van der Waals surface area contributed by atoms with Crippen LogP contribution in [-0.4, -0.2) is 53.6 Å². The summed E-state index contributed by atoms with van der Waals surface area (Å²) in [7, 11) is 0. The molecule has 5 nitrogen and oxygen atoms in total. The van der Waals surface area contributed by atoms with Gasteiger partial charge in [-0.05, 0) is 70.9 Å². The van der Waals surface area contributed by atoms with E-state index in [1.807, 2.05) is 0 Å². The fraction of sp³-hybridized carbons (Fsp3) is 0.862. The minimum atomic E-state index is 0.634. The summed E-state index contributed by atoms with van der Waals surface area (Å²) >= 11 is 0. The summed E-state index contributed by atoms with van der Waals surface area (Å²) in [5.74, 6) is 2.15. The van der Waals surface area contributed by atoms with Gasteiger partial charge in [0, 0.05) is 31.2 Å². The molecule has 1 aliphatic carbocycles. The number of hydrogen-bond donors (Lipinski definition) is 1. The van der Waals surface area contributed by atoms with Crippen molar-refractivity contribution >= 4 is 11.8 Å². The van der Waals surface area contributed by atoms with Crippen LogP contribution in [0.25, 0.3) is 0 Å². The molecule has 1 N–H and O–H groups in total. The molecule has 3 heterocycles. The van der Waals surface area contributed by atoms with Crippen molar-refractivity contribution in [3.05, 3.63) is 11.3 Å². The highest BCUT2D eigenvalue weighted by Crippen LogP contribution is 2.31. The molecule has 0 radical (unpaired) electrons. The van der Waals surface area contributed by atoms with Gasteiger partial charge < -0.3 is 10.2 Å². The zero-order chi connectivity index (χ0) is 23.4. The lowest BCUT2D eigenvalue weighted by Gasteiger charge is -2.36. The van der Waals surface area contributed by atoms with Crippen LogP contribution in [0.15, 0.2) is 0 Å². The maximum absolute atomic E-state index is 5.16. The SMILES string of the molecule is CCCCCCCCCN1CCCCC1CNc1nc2c(c(N3CCCCCC3)n1)CCCC2. The van der Waals surface area contributed by atoms with Crippen molar-refractivity contribution in [2.75, 3.05) is 42.9 Å². The number of likely N-dealkylation sites (tertiary alicyclic amines) is 1. The molecular formula is C29H51N5. The summed E-state index contributed by atoms with van der Waals surface area (Å²) in [5, 5.41) is 3.72. The molecule has 0 saturated carbocycles. The quantitative estimate of drug-likeness (QED) is 0.343. The maximum atomic E-state index is 5.16. The molecule has 4 rings (SSSR count). The van der Waals surface area contributed by atoms with Gasteiger partial charge in [0.2, 0.25) is 5.95 Å². The van der Waals surface area contributed by atoms with Gasteiger partial charge in [0.05, 0.1) is 5.69 Å². The Kier molecular flexibility index (Phi) is 10.8. The minimum Gasteiger partial charge on any atom is -0.356 e. The van der Waals surface area contributed by atoms with Crippen molar-refractivity contribution in [3.8, 4) is 0 Å². The summed E-state index contributed by atoms with van der Waals surface area (Å²) < 4.78 is 0. The third-order valence-electron chi connectivity index (χ3n) is 8.36. The normalized spacial score (nSPS) is 21.8. The second kappa shape index (κ2) is 14.3. The van der Waals surface area contributed by atoms with Crippen LogP contribution >= 0.6 is 0 Å². The third kappa shape index (κ3) is 7.57. The zero-order valence-electron chi connectivity index (χ0n) is 22.1. The van der Waals surface area contributed by atoms with Gasteiger partial charge in [-0.2, -0.15) is 4.98 Å². The van der Waals surface area contributed by atoms with Gasteiger partial charge in [-0.15, -0.1) is 0 Å². The van der Waals surface area contributed by atoms with E-state index >= 15 is 0 Å². The number of unbranched alkanes of at least 4 members (excludes halogenated alkanes) is 6. The molecule has 34 heavy (non-hydrogen) atoms. The second-order valence-electron chi connectivity index (χ2n) is 11.1. The predicted molar refractivity (Wildman–Crippen MR) is 145 cm³/mol. The molecule has 0 aromatic carbocycles. The van der Waals surface area contributed by atoms with E-state index in [0.29, 0.717) is 6.04 Å². The Balaban J connectivity index is 1.33. The Bertz CT molecular complexity index is 713. The molecule has 0 amide bonds. The van der Waals surface area contributed by atoms with E-state index < -0.39 is 0 Å². The number of nitrogens with zero attached hydrogens (tertiary/aromatic N) is 4. The van der Waals surface area contributed by atoms with Gasteiger partial charge in [0.25, 0.3) is 0 Å². The Morgan fingerprint density at radius 3 is 2.32 bits per heavy atom. The van der Waals surface area contributed by atoms with Crippen LogP contribution in [0.1, 0.15) is 121 Å². The van der Waals surface area contributed by atoms with E-state index in [0.717, 1.165) is 38.4 Å². The third-order valence-corrected chi connectivity index (χ3v) is 8.36. The van der Waals surface area contributed by atoms with Crippen LogP contribution in [0, 0.1) is 0 Å². The van der Waals surface area contributed by atoms with Crippen molar-refractivity contribution in [1.82, 2.24) is 14.9 Å². The predicted octanol–water partition coefficient (Wildman–Crippen LogP) is 6.75. The molecule has 2 saturated heterocycles. The molecule has 1 unspecified atom stereocenters. The number of hydrogen-bond acceptors (Lipinski definition) is 5. The largest absolute Gasteiger partial charge is 0.356 e. The Morgan fingerprint density at radius 1 is 0.765 bits per heavy atom. The molecule has 1 aromatic heterocycles. The molecule has 5 heteroatoms. The zero-order valence-corrected chi connectivity index (χ0v) is 22.1. The first-order chi connectivity index (χ1) is 16.8. The van der Waals surface area contributed by atoms with Crippen LogP contribution in [0.4, 0.5) is 11.8 Å². The first kappa shape index (κ1) is 25.7. The van der Waals surface area contributed by atoms with E-state index in [4.69, 9.17) is 9.97 Å². The highest BCUT2D eigenvalue weighted by atomic mass is 15.2. The lowest BCUT2D eigenvalue weighted by Crippen LogP contribution is -2.44. The summed E-state index contributed by atoms with van der Waals surface area (Å²) in [6, 6.07) is 0.634. The standard InChI is InChI=1S/C29H51N5/c1-2-3-4-5-6-7-13-20-33-21-16-12-17-25(33)24-30-29-31-27-19-11-10-18-26(27)28(32-29)34-22-14-8-9-15-23-34/h25H,2-24H2,1H3,(H,30,31,32). The topological polar surface area (TPSA) is 44.3 Å². The number of aryl methyl sites for hydroxylation is 1. The number of rotatable bonds is 12. The van der Waals surface area contributed by atoms with Gasteiger partial charge in [-0.1, -0.05) is 64.7 Å². The first-order valence-electron chi connectivity index (χ1n) is 15.0. The van der Waals surface area contributed by atoms with Gasteiger partial charge in [0.15, 0.2) is 0 Å². The van der Waals surface area contributed by atoms with Crippen molar-refractivity contribution in [2.45, 2.75) is 129 Å².